The number of rotatable bonds is 4. The standard InChI is InChI=1S/C12H20N2O2/c15-7-3-4-10-8-13-14(9-10)11-5-1-2-6-12(11)16/h8-9,11-12,15-16H,1-7H2. The minimum Gasteiger partial charge on any atom is -0.396 e. The maximum absolute atomic E-state index is 9.91. The summed E-state index contributed by atoms with van der Waals surface area (Å²) in [5.74, 6) is 0. The lowest BCUT2D eigenvalue weighted by Crippen LogP contribution is -2.27. The van der Waals surface area contributed by atoms with Gasteiger partial charge in [0.1, 0.15) is 0 Å². The van der Waals surface area contributed by atoms with Gasteiger partial charge in [0, 0.05) is 12.8 Å². The van der Waals surface area contributed by atoms with Crippen molar-refractivity contribution in [3.8, 4) is 0 Å². The fourth-order valence-electron chi connectivity index (χ4n) is 2.37. The number of nitrogens with zero attached hydrogens (tertiary/aromatic N) is 2. The highest BCUT2D eigenvalue weighted by molar-refractivity contribution is 5.05. The van der Waals surface area contributed by atoms with Crippen molar-refractivity contribution in [2.45, 2.75) is 50.7 Å². The van der Waals surface area contributed by atoms with Crippen LogP contribution in [0.25, 0.3) is 0 Å². The van der Waals surface area contributed by atoms with Gasteiger partial charge in [-0.2, -0.15) is 5.10 Å². The topological polar surface area (TPSA) is 58.3 Å². The van der Waals surface area contributed by atoms with Gasteiger partial charge in [0.2, 0.25) is 0 Å². The van der Waals surface area contributed by atoms with Crippen molar-refractivity contribution in [3.63, 3.8) is 0 Å². The zero-order valence-electron chi connectivity index (χ0n) is 9.55. The molecule has 0 amide bonds. The van der Waals surface area contributed by atoms with Crippen molar-refractivity contribution >= 4 is 0 Å². The summed E-state index contributed by atoms with van der Waals surface area (Å²) in [6.45, 7) is 0.219. The summed E-state index contributed by atoms with van der Waals surface area (Å²) >= 11 is 0. The molecule has 4 heteroatoms. The third kappa shape index (κ3) is 2.62. The molecule has 1 aromatic rings. The van der Waals surface area contributed by atoms with E-state index in [4.69, 9.17) is 5.11 Å². The van der Waals surface area contributed by atoms with Crippen molar-refractivity contribution in [1.29, 1.82) is 0 Å². The van der Waals surface area contributed by atoms with Crippen molar-refractivity contribution in [2.75, 3.05) is 6.61 Å². The Bertz CT molecular complexity index is 325. The first-order valence-electron chi connectivity index (χ1n) is 6.13. The van der Waals surface area contributed by atoms with Crippen LogP contribution in [0.3, 0.4) is 0 Å². The number of aryl methyl sites for hydroxylation is 1. The minimum absolute atomic E-state index is 0.150. The maximum atomic E-state index is 9.91. The highest BCUT2D eigenvalue weighted by atomic mass is 16.3. The summed E-state index contributed by atoms with van der Waals surface area (Å²) < 4.78 is 1.90. The number of hydrogen-bond donors (Lipinski definition) is 2. The molecule has 2 atom stereocenters. The first-order chi connectivity index (χ1) is 7.81. The van der Waals surface area contributed by atoms with E-state index in [0.717, 1.165) is 37.7 Å². The molecule has 1 aliphatic rings. The lowest BCUT2D eigenvalue weighted by molar-refractivity contribution is 0.0694. The number of hydrogen-bond acceptors (Lipinski definition) is 3. The Kier molecular flexibility index (Phi) is 3.96. The molecule has 0 radical (unpaired) electrons. The zero-order chi connectivity index (χ0) is 11.4. The van der Waals surface area contributed by atoms with Crippen LogP contribution in [-0.4, -0.2) is 32.7 Å². The summed E-state index contributed by atoms with van der Waals surface area (Å²) in [5, 5.41) is 23.0. The highest BCUT2D eigenvalue weighted by Gasteiger charge is 2.24. The molecule has 16 heavy (non-hydrogen) atoms. The molecule has 0 aromatic carbocycles. The van der Waals surface area contributed by atoms with Gasteiger partial charge in [-0.15, -0.1) is 0 Å². The Morgan fingerprint density at radius 3 is 2.94 bits per heavy atom. The molecule has 4 nitrogen and oxygen atoms in total. The second-order valence-electron chi connectivity index (χ2n) is 4.57. The predicted molar refractivity (Wildman–Crippen MR) is 61.1 cm³/mol. The Morgan fingerprint density at radius 1 is 1.38 bits per heavy atom. The van der Waals surface area contributed by atoms with Crippen LogP contribution >= 0.6 is 0 Å². The van der Waals surface area contributed by atoms with Gasteiger partial charge in [-0.05, 0) is 31.2 Å². The fraction of sp³-hybridized carbons (Fsp3) is 0.750. The lowest BCUT2D eigenvalue weighted by Gasteiger charge is -2.27. The SMILES string of the molecule is OCCCc1cnn(C2CCCCC2O)c1. The normalized spacial score (nSPS) is 25.9. The lowest BCUT2D eigenvalue weighted by atomic mass is 9.93. The second-order valence-corrected chi connectivity index (χ2v) is 4.57. The van der Waals surface area contributed by atoms with Gasteiger partial charge in [0.15, 0.2) is 0 Å². The van der Waals surface area contributed by atoms with E-state index in [9.17, 15) is 5.11 Å². The highest BCUT2D eigenvalue weighted by Crippen LogP contribution is 2.28. The van der Waals surface area contributed by atoms with Crippen LogP contribution in [0.15, 0.2) is 12.4 Å². The Hall–Kier alpha value is -0.870. The van der Waals surface area contributed by atoms with Crippen molar-refractivity contribution in [1.82, 2.24) is 9.78 Å². The summed E-state index contributed by atoms with van der Waals surface area (Å²) in [5.41, 5.74) is 1.15. The smallest absolute Gasteiger partial charge is 0.0778 e. The molecule has 1 aromatic heterocycles. The molecule has 1 fully saturated rings. The van der Waals surface area contributed by atoms with Gasteiger partial charge in [0.25, 0.3) is 0 Å². The van der Waals surface area contributed by atoms with Gasteiger partial charge >= 0.3 is 0 Å². The van der Waals surface area contributed by atoms with Crippen LogP contribution < -0.4 is 0 Å². The molecule has 1 heterocycles. The van der Waals surface area contributed by atoms with Crippen LogP contribution in [0.1, 0.15) is 43.7 Å². The van der Waals surface area contributed by atoms with E-state index in [1.807, 2.05) is 17.1 Å². The molecule has 2 N–H and O–H groups in total. The number of aliphatic hydroxyl groups is 2. The molecular formula is C12H20N2O2. The monoisotopic (exact) mass is 224 g/mol. The van der Waals surface area contributed by atoms with Gasteiger partial charge in [-0.1, -0.05) is 12.8 Å². The average Bonchev–Trinajstić information content (AvgIpc) is 2.75. The van der Waals surface area contributed by atoms with E-state index >= 15 is 0 Å². The van der Waals surface area contributed by atoms with Crippen molar-refractivity contribution < 1.29 is 10.2 Å². The molecule has 0 bridgehead atoms. The van der Waals surface area contributed by atoms with Crippen LogP contribution in [0.2, 0.25) is 0 Å². The first-order valence-corrected chi connectivity index (χ1v) is 6.13. The summed E-state index contributed by atoms with van der Waals surface area (Å²) in [6, 6.07) is 0.150. The molecule has 1 saturated carbocycles. The van der Waals surface area contributed by atoms with E-state index in [1.165, 1.54) is 6.42 Å². The summed E-state index contributed by atoms with van der Waals surface area (Å²) in [7, 11) is 0. The predicted octanol–water partition coefficient (Wildman–Crippen LogP) is 1.28. The van der Waals surface area contributed by atoms with Gasteiger partial charge in [0.05, 0.1) is 18.3 Å². The Morgan fingerprint density at radius 2 is 2.19 bits per heavy atom. The van der Waals surface area contributed by atoms with Crippen LogP contribution in [0.4, 0.5) is 0 Å². The largest absolute Gasteiger partial charge is 0.396 e. The fourth-order valence-corrected chi connectivity index (χ4v) is 2.37. The molecule has 0 aliphatic heterocycles. The van der Waals surface area contributed by atoms with Gasteiger partial charge in [-0.25, -0.2) is 0 Å². The third-order valence-electron chi connectivity index (χ3n) is 3.31. The summed E-state index contributed by atoms with van der Waals surface area (Å²) in [4.78, 5) is 0. The molecule has 0 saturated heterocycles. The molecule has 2 unspecified atom stereocenters. The number of aromatic nitrogens is 2. The number of aliphatic hydroxyl groups excluding tert-OH is 2. The van der Waals surface area contributed by atoms with E-state index < -0.39 is 0 Å². The third-order valence-corrected chi connectivity index (χ3v) is 3.31. The maximum Gasteiger partial charge on any atom is 0.0778 e. The van der Waals surface area contributed by atoms with E-state index in [2.05, 4.69) is 5.10 Å². The van der Waals surface area contributed by atoms with E-state index in [-0.39, 0.29) is 18.8 Å². The molecular weight excluding hydrogens is 204 g/mol. The minimum atomic E-state index is -0.251. The van der Waals surface area contributed by atoms with Gasteiger partial charge < -0.3 is 10.2 Å². The van der Waals surface area contributed by atoms with Crippen LogP contribution in [-0.2, 0) is 6.42 Å². The Labute approximate surface area is 95.9 Å². The van der Waals surface area contributed by atoms with Crippen LogP contribution in [0.5, 0.6) is 0 Å². The molecule has 1 aliphatic carbocycles. The van der Waals surface area contributed by atoms with E-state index in [0.29, 0.717) is 0 Å². The summed E-state index contributed by atoms with van der Waals surface area (Å²) in [6.07, 6.45) is 9.44. The van der Waals surface area contributed by atoms with Gasteiger partial charge in [-0.3, -0.25) is 4.68 Å². The van der Waals surface area contributed by atoms with Crippen LogP contribution in [0, 0.1) is 0 Å². The molecule has 0 spiro atoms. The quantitative estimate of drug-likeness (QED) is 0.810. The average molecular weight is 224 g/mol. The second kappa shape index (κ2) is 5.46. The molecule has 2 rings (SSSR count). The molecule has 90 valence electrons. The Balaban J connectivity index is 1.99. The zero-order valence-corrected chi connectivity index (χ0v) is 9.55. The van der Waals surface area contributed by atoms with E-state index in [1.54, 1.807) is 0 Å². The van der Waals surface area contributed by atoms with Crippen molar-refractivity contribution in [3.05, 3.63) is 18.0 Å². The van der Waals surface area contributed by atoms with Crippen molar-refractivity contribution in [2.24, 2.45) is 0 Å². The first kappa shape index (κ1) is 11.6.